The lowest BCUT2D eigenvalue weighted by Gasteiger charge is -2.23. The fourth-order valence-corrected chi connectivity index (χ4v) is 2.09. The number of ether oxygens (including phenoxy) is 2. The minimum absolute atomic E-state index is 0.0192. The van der Waals surface area contributed by atoms with Crippen LogP contribution in [0.25, 0.3) is 0 Å². The number of nitro benzene ring substituents is 1. The summed E-state index contributed by atoms with van der Waals surface area (Å²) in [6.07, 6.45) is -1.16. The van der Waals surface area contributed by atoms with E-state index in [1.165, 1.54) is 18.2 Å². The van der Waals surface area contributed by atoms with E-state index in [4.69, 9.17) is 9.47 Å². The highest BCUT2D eigenvalue weighted by atomic mass is 16.7. The van der Waals surface area contributed by atoms with Crippen molar-refractivity contribution < 1.29 is 24.0 Å². The van der Waals surface area contributed by atoms with Crippen molar-refractivity contribution in [2.45, 2.75) is 6.29 Å². The zero-order valence-corrected chi connectivity index (χ0v) is 12.6. The van der Waals surface area contributed by atoms with E-state index in [1.807, 2.05) is 0 Å². The average molecular weight is 341 g/mol. The molecule has 2 aromatic carbocycles. The SMILES string of the molecule is O=C1OC(c2ccccc2)OC(=O)C1=NNc1ccccc1[N+](=O)[O-]. The van der Waals surface area contributed by atoms with E-state index < -0.39 is 28.9 Å². The molecule has 25 heavy (non-hydrogen) atoms. The molecule has 9 heteroatoms. The Bertz CT molecular complexity index is 845. The van der Waals surface area contributed by atoms with Gasteiger partial charge in [0, 0.05) is 11.6 Å². The van der Waals surface area contributed by atoms with Gasteiger partial charge < -0.3 is 9.47 Å². The van der Waals surface area contributed by atoms with Crippen LogP contribution in [0.15, 0.2) is 59.7 Å². The Balaban J connectivity index is 1.78. The molecule has 0 aliphatic carbocycles. The Morgan fingerprint density at radius 3 is 2.20 bits per heavy atom. The van der Waals surface area contributed by atoms with Gasteiger partial charge in [0.1, 0.15) is 5.69 Å². The van der Waals surface area contributed by atoms with Gasteiger partial charge in [0.2, 0.25) is 0 Å². The van der Waals surface area contributed by atoms with E-state index in [0.717, 1.165) is 0 Å². The quantitative estimate of drug-likeness (QED) is 0.514. The van der Waals surface area contributed by atoms with E-state index in [2.05, 4.69) is 10.5 Å². The summed E-state index contributed by atoms with van der Waals surface area (Å²) in [5.74, 6) is -1.98. The number of hydrogen-bond acceptors (Lipinski definition) is 8. The second-order valence-corrected chi connectivity index (χ2v) is 4.90. The standard InChI is InChI=1S/C16H11N3O6/c20-14-13(18-17-11-8-4-5-9-12(11)19(22)23)15(21)25-16(24-14)10-6-2-1-3-7-10/h1-9,16-17H. The first-order chi connectivity index (χ1) is 12.1. The van der Waals surface area contributed by atoms with Gasteiger partial charge in [0.25, 0.3) is 17.7 Å². The maximum absolute atomic E-state index is 12.0. The molecule has 0 aromatic heterocycles. The number of esters is 2. The summed E-state index contributed by atoms with van der Waals surface area (Å²) in [4.78, 5) is 34.3. The Kier molecular flexibility index (Phi) is 4.38. The Morgan fingerprint density at radius 1 is 0.960 bits per heavy atom. The third-order valence-corrected chi connectivity index (χ3v) is 3.28. The number of nitrogens with zero attached hydrogens (tertiary/aromatic N) is 2. The van der Waals surface area contributed by atoms with Crippen LogP contribution in [0.4, 0.5) is 11.4 Å². The molecule has 1 heterocycles. The van der Waals surface area contributed by atoms with Crippen molar-refractivity contribution in [2.75, 3.05) is 5.43 Å². The van der Waals surface area contributed by atoms with Crippen molar-refractivity contribution in [1.82, 2.24) is 0 Å². The first kappa shape index (κ1) is 16.1. The maximum atomic E-state index is 12.0. The van der Waals surface area contributed by atoms with Gasteiger partial charge in [-0.1, -0.05) is 42.5 Å². The van der Waals surface area contributed by atoms with E-state index in [9.17, 15) is 19.7 Å². The van der Waals surface area contributed by atoms with Crippen molar-refractivity contribution in [1.29, 1.82) is 0 Å². The molecule has 1 fully saturated rings. The van der Waals surface area contributed by atoms with Crippen LogP contribution in [-0.2, 0) is 19.1 Å². The van der Waals surface area contributed by atoms with Crippen LogP contribution in [-0.4, -0.2) is 22.6 Å². The van der Waals surface area contributed by atoms with Gasteiger partial charge in [-0.05, 0) is 6.07 Å². The highest BCUT2D eigenvalue weighted by Gasteiger charge is 2.36. The van der Waals surface area contributed by atoms with Gasteiger partial charge in [-0.25, -0.2) is 9.59 Å². The smallest absolute Gasteiger partial charge is 0.369 e. The monoisotopic (exact) mass is 341 g/mol. The van der Waals surface area contributed by atoms with Crippen molar-refractivity contribution in [3.05, 3.63) is 70.3 Å². The molecule has 2 aromatic rings. The average Bonchev–Trinajstić information content (AvgIpc) is 2.62. The number of anilines is 1. The number of nitrogens with one attached hydrogen (secondary N) is 1. The first-order valence-corrected chi connectivity index (χ1v) is 7.10. The predicted octanol–water partition coefficient (Wildman–Crippen LogP) is 2.16. The highest BCUT2D eigenvalue weighted by molar-refractivity contribution is 6.63. The van der Waals surface area contributed by atoms with E-state index in [0.29, 0.717) is 5.56 Å². The summed E-state index contributed by atoms with van der Waals surface area (Å²) in [7, 11) is 0. The van der Waals surface area contributed by atoms with Gasteiger partial charge in [-0.15, -0.1) is 0 Å². The second kappa shape index (κ2) is 6.79. The normalized spacial score (nSPS) is 16.6. The maximum Gasteiger partial charge on any atom is 0.369 e. The minimum Gasteiger partial charge on any atom is -0.416 e. The number of hydrazone groups is 1. The van der Waals surface area contributed by atoms with Crippen molar-refractivity contribution in [2.24, 2.45) is 5.10 Å². The largest absolute Gasteiger partial charge is 0.416 e. The van der Waals surface area contributed by atoms with Crippen LogP contribution in [0.2, 0.25) is 0 Å². The highest BCUT2D eigenvalue weighted by Crippen LogP contribution is 2.25. The molecule has 1 aliphatic heterocycles. The molecule has 126 valence electrons. The number of benzene rings is 2. The summed E-state index contributed by atoms with van der Waals surface area (Å²) in [6.45, 7) is 0. The molecule has 0 bridgehead atoms. The molecule has 1 N–H and O–H groups in total. The van der Waals surface area contributed by atoms with Gasteiger partial charge in [0.05, 0.1) is 4.92 Å². The summed E-state index contributed by atoms with van der Waals surface area (Å²) < 4.78 is 10.1. The van der Waals surface area contributed by atoms with Gasteiger partial charge in [-0.2, -0.15) is 5.10 Å². The van der Waals surface area contributed by atoms with Crippen LogP contribution in [0.1, 0.15) is 11.9 Å². The van der Waals surface area contributed by atoms with Crippen molar-refractivity contribution in [3.63, 3.8) is 0 Å². The Labute approximate surface area is 141 Å². The minimum atomic E-state index is -1.16. The molecule has 1 aliphatic rings. The van der Waals surface area contributed by atoms with Crippen LogP contribution >= 0.6 is 0 Å². The number of para-hydroxylation sites is 2. The molecule has 0 radical (unpaired) electrons. The Hall–Kier alpha value is -3.75. The summed E-state index contributed by atoms with van der Waals surface area (Å²) >= 11 is 0. The van der Waals surface area contributed by atoms with E-state index in [1.54, 1.807) is 36.4 Å². The topological polar surface area (TPSA) is 120 Å². The molecule has 1 saturated heterocycles. The first-order valence-electron chi connectivity index (χ1n) is 7.10. The molecule has 0 atom stereocenters. The molecular formula is C16H11N3O6. The molecule has 0 amide bonds. The van der Waals surface area contributed by atoms with Crippen LogP contribution in [0.3, 0.4) is 0 Å². The molecule has 3 rings (SSSR count). The number of carbonyl (C=O) groups is 2. The second-order valence-electron chi connectivity index (χ2n) is 4.90. The molecule has 0 unspecified atom stereocenters. The lowest BCUT2D eigenvalue weighted by atomic mass is 10.2. The number of nitro groups is 1. The Morgan fingerprint density at radius 2 is 1.56 bits per heavy atom. The van der Waals surface area contributed by atoms with Gasteiger partial charge in [-0.3, -0.25) is 15.5 Å². The van der Waals surface area contributed by atoms with Crippen molar-refractivity contribution >= 4 is 29.0 Å². The van der Waals surface area contributed by atoms with E-state index >= 15 is 0 Å². The summed E-state index contributed by atoms with van der Waals surface area (Å²) in [5, 5.41) is 14.5. The molecule has 0 saturated carbocycles. The third-order valence-electron chi connectivity index (χ3n) is 3.28. The van der Waals surface area contributed by atoms with Crippen molar-refractivity contribution in [3.8, 4) is 0 Å². The lowest BCUT2D eigenvalue weighted by Crippen LogP contribution is -2.37. The molecule has 9 nitrogen and oxygen atoms in total. The number of hydrogen-bond donors (Lipinski definition) is 1. The fraction of sp³-hybridized carbons (Fsp3) is 0.0625. The summed E-state index contributed by atoms with van der Waals surface area (Å²) in [6, 6.07) is 14.1. The van der Waals surface area contributed by atoms with Crippen LogP contribution < -0.4 is 5.43 Å². The van der Waals surface area contributed by atoms with Gasteiger partial charge >= 0.3 is 11.9 Å². The molecule has 0 spiro atoms. The van der Waals surface area contributed by atoms with E-state index in [-0.39, 0.29) is 11.4 Å². The zero-order valence-electron chi connectivity index (χ0n) is 12.6. The van der Waals surface area contributed by atoms with Gasteiger partial charge in [0.15, 0.2) is 0 Å². The number of cyclic esters (lactones) is 2. The van der Waals surface area contributed by atoms with Crippen LogP contribution in [0, 0.1) is 10.1 Å². The number of carbonyl (C=O) groups excluding carboxylic acids is 2. The fourth-order valence-electron chi connectivity index (χ4n) is 2.09. The summed E-state index contributed by atoms with van der Waals surface area (Å²) in [5.41, 5.74) is 1.95. The molecular weight excluding hydrogens is 330 g/mol. The number of rotatable bonds is 4. The zero-order chi connectivity index (χ0) is 17.8. The van der Waals surface area contributed by atoms with Crippen LogP contribution in [0.5, 0.6) is 0 Å². The lowest BCUT2D eigenvalue weighted by molar-refractivity contribution is -0.384. The predicted molar refractivity (Wildman–Crippen MR) is 85.5 cm³/mol. The third kappa shape index (κ3) is 3.44.